The molecule has 9 nitrogen and oxygen atoms in total. The second-order valence-electron chi connectivity index (χ2n) is 5.67. The van der Waals surface area contributed by atoms with Crippen molar-refractivity contribution in [3.63, 3.8) is 0 Å². The van der Waals surface area contributed by atoms with E-state index in [4.69, 9.17) is 0 Å². The fraction of sp³-hybridized carbons (Fsp3) is 0.222. The summed E-state index contributed by atoms with van der Waals surface area (Å²) in [4.78, 5) is 33.5. The van der Waals surface area contributed by atoms with Gasteiger partial charge in [0.1, 0.15) is 4.90 Å². The van der Waals surface area contributed by atoms with Crippen molar-refractivity contribution in [2.24, 2.45) is 0 Å². The Morgan fingerprint density at radius 2 is 1.82 bits per heavy atom. The zero-order chi connectivity index (χ0) is 20.7. The predicted molar refractivity (Wildman–Crippen MR) is 99.4 cm³/mol. The van der Waals surface area contributed by atoms with Crippen LogP contribution in [-0.4, -0.2) is 37.6 Å². The highest BCUT2D eigenvalue weighted by molar-refractivity contribution is 7.92. The first-order chi connectivity index (χ1) is 13.2. The summed E-state index contributed by atoms with van der Waals surface area (Å²) in [6.07, 6.45) is 0. The maximum absolute atomic E-state index is 12.3. The van der Waals surface area contributed by atoms with E-state index < -0.39 is 43.0 Å². The molecule has 0 unspecified atom stereocenters. The number of nitro groups is 1. The number of hydrogen-bond donors (Lipinski definition) is 1. The van der Waals surface area contributed by atoms with Gasteiger partial charge in [0.15, 0.2) is 15.6 Å². The molecule has 0 aliphatic carbocycles. The Balaban J connectivity index is 2.25. The number of amides is 1. The van der Waals surface area contributed by atoms with Crippen molar-refractivity contribution in [3.8, 4) is 0 Å². The lowest BCUT2D eigenvalue weighted by molar-refractivity contribution is -0.387. The SMILES string of the molecule is CCOC(=O)CS(=O)(=O)c1ccc(C(=O)NCc2ccccc2)cc1[N+](=O)[O-]. The molecular weight excluding hydrogens is 388 g/mol. The van der Waals surface area contributed by atoms with Gasteiger partial charge >= 0.3 is 5.97 Å². The number of hydrogen-bond acceptors (Lipinski definition) is 7. The average molecular weight is 406 g/mol. The van der Waals surface area contributed by atoms with E-state index in [1.54, 1.807) is 24.3 Å². The van der Waals surface area contributed by atoms with Crippen LogP contribution in [0.4, 0.5) is 5.69 Å². The molecule has 2 rings (SSSR count). The summed E-state index contributed by atoms with van der Waals surface area (Å²) >= 11 is 0. The lowest BCUT2D eigenvalue weighted by atomic mass is 10.1. The van der Waals surface area contributed by atoms with Crippen molar-refractivity contribution in [2.45, 2.75) is 18.4 Å². The fourth-order valence-corrected chi connectivity index (χ4v) is 3.66. The summed E-state index contributed by atoms with van der Waals surface area (Å²) in [5.74, 6) is -2.64. The Morgan fingerprint density at radius 3 is 2.43 bits per heavy atom. The number of nitrogens with one attached hydrogen (secondary N) is 1. The normalized spacial score (nSPS) is 10.9. The molecule has 0 aliphatic rings. The number of esters is 1. The Morgan fingerprint density at radius 1 is 1.14 bits per heavy atom. The highest BCUT2D eigenvalue weighted by Crippen LogP contribution is 2.26. The van der Waals surface area contributed by atoms with Crippen LogP contribution in [-0.2, 0) is 25.9 Å². The van der Waals surface area contributed by atoms with Crippen LogP contribution in [0, 0.1) is 10.1 Å². The van der Waals surface area contributed by atoms with E-state index in [1.165, 1.54) is 6.92 Å². The third kappa shape index (κ3) is 5.36. The standard InChI is InChI=1S/C18H18N2O7S/c1-2-27-17(21)12-28(25,26)16-9-8-14(10-15(16)20(23)24)18(22)19-11-13-6-4-3-5-7-13/h3-10H,2,11-12H2,1H3,(H,19,22). The van der Waals surface area contributed by atoms with Gasteiger partial charge in [-0.15, -0.1) is 0 Å². The van der Waals surface area contributed by atoms with Gasteiger partial charge in [-0.3, -0.25) is 19.7 Å². The van der Waals surface area contributed by atoms with Gasteiger partial charge in [-0.05, 0) is 24.6 Å². The zero-order valence-electron chi connectivity index (χ0n) is 15.0. The molecule has 2 aromatic rings. The summed E-state index contributed by atoms with van der Waals surface area (Å²) < 4.78 is 29.2. The third-order valence-corrected chi connectivity index (χ3v) is 5.29. The summed E-state index contributed by atoms with van der Waals surface area (Å²) in [7, 11) is -4.30. The minimum absolute atomic E-state index is 0.0169. The maximum atomic E-state index is 12.3. The van der Waals surface area contributed by atoms with E-state index in [-0.39, 0.29) is 18.7 Å². The maximum Gasteiger partial charge on any atom is 0.321 e. The largest absolute Gasteiger partial charge is 0.465 e. The Hall–Kier alpha value is -3.27. The molecule has 0 saturated carbocycles. The van der Waals surface area contributed by atoms with Crippen molar-refractivity contribution < 1.29 is 27.7 Å². The smallest absolute Gasteiger partial charge is 0.321 e. The first-order valence-electron chi connectivity index (χ1n) is 8.23. The molecule has 0 spiro atoms. The van der Waals surface area contributed by atoms with Crippen molar-refractivity contribution in [1.82, 2.24) is 5.32 Å². The van der Waals surface area contributed by atoms with Crippen LogP contribution in [0.5, 0.6) is 0 Å². The van der Waals surface area contributed by atoms with E-state index in [2.05, 4.69) is 10.1 Å². The molecule has 0 aliphatic heterocycles. The van der Waals surface area contributed by atoms with Gasteiger partial charge < -0.3 is 10.1 Å². The van der Waals surface area contributed by atoms with Gasteiger partial charge in [0, 0.05) is 18.2 Å². The lowest BCUT2D eigenvalue weighted by Gasteiger charge is -2.08. The number of nitro benzene ring substituents is 1. The summed E-state index contributed by atoms with van der Waals surface area (Å²) in [6, 6.07) is 12.0. The molecule has 0 bridgehead atoms. The molecule has 0 fully saturated rings. The molecule has 28 heavy (non-hydrogen) atoms. The topological polar surface area (TPSA) is 133 Å². The van der Waals surface area contributed by atoms with Crippen molar-refractivity contribution >= 4 is 27.4 Å². The molecule has 0 radical (unpaired) electrons. The van der Waals surface area contributed by atoms with E-state index in [0.29, 0.717) is 0 Å². The van der Waals surface area contributed by atoms with Crippen molar-refractivity contribution in [3.05, 3.63) is 69.8 Å². The predicted octanol–water partition coefficient (Wildman–Crippen LogP) is 1.86. The molecule has 2 aromatic carbocycles. The first-order valence-corrected chi connectivity index (χ1v) is 9.88. The molecule has 1 N–H and O–H groups in total. The number of carbonyl (C=O) groups is 2. The van der Waals surface area contributed by atoms with Crippen LogP contribution in [0.15, 0.2) is 53.4 Å². The second-order valence-corrected chi connectivity index (χ2v) is 7.63. The van der Waals surface area contributed by atoms with Crippen molar-refractivity contribution in [2.75, 3.05) is 12.4 Å². The molecule has 0 aromatic heterocycles. The molecule has 0 atom stereocenters. The number of benzene rings is 2. The highest BCUT2D eigenvalue weighted by atomic mass is 32.2. The molecule has 0 saturated heterocycles. The number of sulfone groups is 1. The van der Waals surface area contributed by atoms with Gasteiger partial charge in [0.05, 0.1) is 11.5 Å². The Bertz CT molecular complexity index is 988. The molecule has 10 heteroatoms. The van der Waals surface area contributed by atoms with E-state index in [0.717, 1.165) is 23.8 Å². The Labute approximate surface area is 161 Å². The van der Waals surface area contributed by atoms with Crippen LogP contribution < -0.4 is 5.32 Å². The van der Waals surface area contributed by atoms with E-state index >= 15 is 0 Å². The molecule has 1 amide bonds. The van der Waals surface area contributed by atoms with Crippen LogP contribution in [0.1, 0.15) is 22.8 Å². The minimum atomic E-state index is -4.30. The molecular formula is C18H18N2O7S. The first kappa shape index (κ1) is 21.0. The summed E-state index contributed by atoms with van der Waals surface area (Å²) in [5.41, 5.74) is -0.0200. The number of ether oxygens (including phenoxy) is 1. The number of nitrogens with zero attached hydrogens (tertiary/aromatic N) is 1. The second kappa shape index (κ2) is 9.09. The van der Waals surface area contributed by atoms with Gasteiger partial charge in [-0.2, -0.15) is 0 Å². The third-order valence-electron chi connectivity index (χ3n) is 3.66. The van der Waals surface area contributed by atoms with Gasteiger partial charge in [0.2, 0.25) is 0 Å². The number of rotatable bonds is 8. The van der Waals surface area contributed by atoms with E-state index in [1.807, 2.05) is 6.07 Å². The van der Waals surface area contributed by atoms with Gasteiger partial charge in [-0.1, -0.05) is 30.3 Å². The quantitative estimate of drug-likeness (QED) is 0.402. The monoisotopic (exact) mass is 406 g/mol. The van der Waals surface area contributed by atoms with Crippen LogP contribution in [0.2, 0.25) is 0 Å². The minimum Gasteiger partial charge on any atom is -0.465 e. The summed E-state index contributed by atoms with van der Waals surface area (Å²) in [5, 5.41) is 13.9. The Kier molecular flexibility index (Phi) is 6.83. The average Bonchev–Trinajstić information content (AvgIpc) is 2.66. The van der Waals surface area contributed by atoms with Crippen LogP contribution >= 0.6 is 0 Å². The van der Waals surface area contributed by atoms with Gasteiger partial charge in [0.25, 0.3) is 11.6 Å². The fourth-order valence-electron chi connectivity index (χ4n) is 2.38. The zero-order valence-corrected chi connectivity index (χ0v) is 15.8. The van der Waals surface area contributed by atoms with Crippen molar-refractivity contribution in [1.29, 1.82) is 0 Å². The molecule has 148 valence electrons. The summed E-state index contributed by atoms with van der Waals surface area (Å²) in [6.45, 7) is 1.70. The highest BCUT2D eigenvalue weighted by Gasteiger charge is 2.29. The van der Waals surface area contributed by atoms with Crippen LogP contribution in [0.3, 0.4) is 0 Å². The van der Waals surface area contributed by atoms with Crippen LogP contribution in [0.25, 0.3) is 0 Å². The lowest BCUT2D eigenvalue weighted by Crippen LogP contribution is -2.23. The van der Waals surface area contributed by atoms with E-state index in [9.17, 15) is 28.1 Å². The van der Waals surface area contributed by atoms with Gasteiger partial charge in [-0.25, -0.2) is 8.42 Å². The molecule has 0 heterocycles. The number of carbonyl (C=O) groups excluding carboxylic acids is 2.